The number of amides is 2. The lowest BCUT2D eigenvalue weighted by atomic mass is 10.1. The molecule has 0 aliphatic carbocycles. The molecule has 0 fully saturated rings. The number of carbonyl (C=O) groups excluding carboxylic acids is 2. The van der Waals surface area contributed by atoms with Crippen molar-refractivity contribution in [1.29, 1.82) is 0 Å². The zero-order valence-electron chi connectivity index (χ0n) is 16.7. The smallest absolute Gasteiger partial charge is 0.242 e. The van der Waals surface area contributed by atoms with Gasteiger partial charge in [-0.05, 0) is 44.0 Å². The van der Waals surface area contributed by atoms with E-state index in [1.54, 1.807) is 43.3 Å². The highest BCUT2D eigenvalue weighted by Gasteiger charge is 2.28. The number of nitrogens with zero attached hydrogens (tertiary/aromatic N) is 1. The lowest BCUT2D eigenvalue weighted by Gasteiger charge is -2.30. The van der Waals surface area contributed by atoms with Crippen LogP contribution in [-0.4, -0.2) is 28.8 Å². The van der Waals surface area contributed by atoms with Crippen molar-refractivity contribution in [3.63, 3.8) is 0 Å². The van der Waals surface area contributed by atoms with Crippen molar-refractivity contribution in [1.82, 2.24) is 10.2 Å². The Morgan fingerprint density at radius 1 is 1.10 bits per heavy atom. The van der Waals surface area contributed by atoms with Gasteiger partial charge in [0.25, 0.3) is 0 Å². The van der Waals surface area contributed by atoms with Crippen LogP contribution >= 0.6 is 23.2 Å². The Morgan fingerprint density at radius 2 is 1.79 bits per heavy atom. The van der Waals surface area contributed by atoms with Crippen molar-refractivity contribution in [3.8, 4) is 0 Å². The normalized spacial score (nSPS) is 12.9. The first-order valence-electron chi connectivity index (χ1n) is 9.50. The summed E-state index contributed by atoms with van der Waals surface area (Å²) in [7, 11) is 0. The molecule has 4 nitrogen and oxygen atoms in total. The van der Waals surface area contributed by atoms with Crippen LogP contribution in [0.25, 0.3) is 0 Å². The van der Waals surface area contributed by atoms with Crippen LogP contribution in [0.2, 0.25) is 10.0 Å². The van der Waals surface area contributed by atoms with Gasteiger partial charge in [0.05, 0.1) is 6.42 Å². The molecule has 2 atom stereocenters. The number of benzene rings is 2. The molecule has 0 aliphatic heterocycles. The molecule has 7 heteroatoms. The third kappa shape index (κ3) is 6.44. The number of hydrogen-bond donors (Lipinski definition) is 1. The summed E-state index contributed by atoms with van der Waals surface area (Å²) in [6.45, 7) is 5.47. The molecule has 0 spiro atoms. The topological polar surface area (TPSA) is 49.4 Å². The van der Waals surface area contributed by atoms with Gasteiger partial charge in [-0.2, -0.15) is 0 Å². The van der Waals surface area contributed by atoms with Gasteiger partial charge in [-0.1, -0.05) is 54.4 Å². The highest BCUT2D eigenvalue weighted by Crippen LogP contribution is 2.23. The zero-order chi connectivity index (χ0) is 21.6. The van der Waals surface area contributed by atoms with Gasteiger partial charge in [-0.3, -0.25) is 9.59 Å². The maximum atomic E-state index is 14.2. The fourth-order valence-electron chi connectivity index (χ4n) is 2.79. The van der Waals surface area contributed by atoms with Gasteiger partial charge in [0.1, 0.15) is 11.9 Å². The SMILES string of the molecule is CC[C@@H](C)NC(=O)[C@@H](C)N(Cc1ccccc1F)C(=O)Cc1ccc(Cl)cc1Cl. The molecule has 0 bridgehead atoms. The van der Waals surface area contributed by atoms with Crippen molar-refractivity contribution >= 4 is 35.0 Å². The fourth-order valence-corrected chi connectivity index (χ4v) is 3.26. The van der Waals surface area contributed by atoms with E-state index in [-0.39, 0.29) is 30.8 Å². The summed E-state index contributed by atoms with van der Waals surface area (Å²) in [6.07, 6.45) is 0.742. The van der Waals surface area contributed by atoms with Crippen LogP contribution < -0.4 is 5.32 Å². The molecule has 2 rings (SSSR count). The molecule has 0 heterocycles. The predicted molar refractivity (Wildman–Crippen MR) is 114 cm³/mol. The van der Waals surface area contributed by atoms with E-state index in [1.807, 2.05) is 13.8 Å². The molecule has 29 heavy (non-hydrogen) atoms. The first-order valence-corrected chi connectivity index (χ1v) is 10.3. The van der Waals surface area contributed by atoms with Crippen molar-refractivity contribution in [2.75, 3.05) is 0 Å². The second kappa shape index (κ2) is 10.6. The minimum Gasteiger partial charge on any atom is -0.352 e. The summed E-state index contributed by atoms with van der Waals surface area (Å²) >= 11 is 12.1. The van der Waals surface area contributed by atoms with Crippen LogP contribution in [0, 0.1) is 5.82 Å². The minimum atomic E-state index is -0.776. The Balaban J connectivity index is 2.28. The van der Waals surface area contributed by atoms with E-state index in [0.717, 1.165) is 6.42 Å². The fraction of sp³-hybridized carbons (Fsp3) is 0.364. The second-order valence-corrected chi connectivity index (χ2v) is 7.86. The average molecular weight is 439 g/mol. The molecule has 1 N–H and O–H groups in total. The van der Waals surface area contributed by atoms with Gasteiger partial charge >= 0.3 is 0 Å². The second-order valence-electron chi connectivity index (χ2n) is 7.02. The third-order valence-electron chi connectivity index (χ3n) is 4.82. The van der Waals surface area contributed by atoms with Crippen LogP contribution in [0.4, 0.5) is 4.39 Å². The molecule has 0 saturated heterocycles. The van der Waals surface area contributed by atoms with Crippen LogP contribution in [-0.2, 0) is 22.6 Å². The van der Waals surface area contributed by atoms with Crippen LogP contribution in [0.1, 0.15) is 38.3 Å². The van der Waals surface area contributed by atoms with E-state index in [9.17, 15) is 14.0 Å². The molecular weight excluding hydrogens is 414 g/mol. The molecule has 156 valence electrons. The Bertz CT molecular complexity index is 876. The zero-order valence-corrected chi connectivity index (χ0v) is 18.2. The number of halogens is 3. The predicted octanol–water partition coefficient (Wildman–Crippen LogP) is 5.01. The third-order valence-corrected chi connectivity index (χ3v) is 5.41. The Labute approximate surface area is 181 Å². The van der Waals surface area contributed by atoms with Crippen molar-refractivity contribution in [3.05, 3.63) is 69.5 Å². The molecule has 0 aromatic heterocycles. The largest absolute Gasteiger partial charge is 0.352 e. The molecule has 2 aromatic carbocycles. The van der Waals surface area contributed by atoms with E-state index >= 15 is 0 Å². The van der Waals surface area contributed by atoms with Gasteiger partial charge in [0, 0.05) is 28.2 Å². The minimum absolute atomic E-state index is 0.0220. The van der Waals surface area contributed by atoms with Crippen molar-refractivity contribution < 1.29 is 14.0 Å². The molecule has 0 aliphatic rings. The molecular formula is C22H25Cl2FN2O2. The first kappa shape index (κ1) is 23.2. The molecule has 2 aromatic rings. The lowest BCUT2D eigenvalue weighted by molar-refractivity contribution is -0.140. The van der Waals surface area contributed by atoms with Crippen molar-refractivity contribution in [2.24, 2.45) is 0 Å². The first-order chi connectivity index (χ1) is 13.7. The molecule has 0 unspecified atom stereocenters. The highest BCUT2D eigenvalue weighted by molar-refractivity contribution is 6.35. The van der Waals surface area contributed by atoms with Gasteiger partial charge < -0.3 is 10.2 Å². The summed E-state index contributed by atoms with van der Waals surface area (Å²) in [5.74, 6) is -1.04. The van der Waals surface area contributed by atoms with Gasteiger partial charge in [0.15, 0.2) is 0 Å². The Morgan fingerprint density at radius 3 is 2.41 bits per heavy atom. The van der Waals surface area contributed by atoms with Gasteiger partial charge in [0.2, 0.25) is 11.8 Å². The number of nitrogens with one attached hydrogen (secondary N) is 1. The molecule has 0 saturated carbocycles. The van der Waals surface area contributed by atoms with Crippen LogP contribution in [0.3, 0.4) is 0 Å². The number of carbonyl (C=O) groups is 2. The lowest BCUT2D eigenvalue weighted by Crippen LogP contribution is -2.50. The Kier molecular flexibility index (Phi) is 8.47. The summed E-state index contributed by atoms with van der Waals surface area (Å²) in [5.41, 5.74) is 0.931. The van der Waals surface area contributed by atoms with E-state index in [1.165, 1.54) is 11.0 Å². The molecule has 0 radical (unpaired) electrons. The maximum Gasteiger partial charge on any atom is 0.242 e. The van der Waals surface area contributed by atoms with Gasteiger partial charge in [-0.15, -0.1) is 0 Å². The molecule has 2 amide bonds. The summed E-state index contributed by atoms with van der Waals surface area (Å²) in [5, 5.41) is 3.71. The standard InChI is InChI=1S/C22H25Cl2FN2O2/c1-4-14(2)26-22(29)15(3)27(13-17-7-5-6-8-20(17)25)21(28)11-16-9-10-18(23)12-19(16)24/h5-10,12,14-15H,4,11,13H2,1-3H3,(H,26,29)/t14-,15-/m1/s1. The van der Waals surface area contributed by atoms with Gasteiger partial charge in [-0.25, -0.2) is 4.39 Å². The number of hydrogen-bond acceptors (Lipinski definition) is 2. The van der Waals surface area contributed by atoms with Crippen molar-refractivity contribution in [2.45, 2.75) is 52.2 Å². The van der Waals surface area contributed by atoms with Crippen LogP contribution in [0.15, 0.2) is 42.5 Å². The van der Waals surface area contributed by atoms with E-state index in [2.05, 4.69) is 5.32 Å². The summed E-state index contributed by atoms with van der Waals surface area (Å²) < 4.78 is 14.2. The summed E-state index contributed by atoms with van der Waals surface area (Å²) in [4.78, 5) is 27.1. The number of rotatable bonds is 8. The van der Waals surface area contributed by atoms with Crippen LogP contribution in [0.5, 0.6) is 0 Å². The van der Waals surface area contributed by atoms with E-state index in [0.29, 0.717) is 21.2 Å². The van der Waals surface area contributed by atoms with E-state index < -0.39 is 11.9 Å². The Hall–Kier alpha value is -2.11. The monoisotopic (exact) mass is 438 g/mol. The quantitative estimate of drug-likeness (QED) is 0.629. The van der Waals surface area contributed by atoms with E-state index in [4.69, 9.17) is 23.2 Å². The summed E-state index contributed by atoms with van der Waals surface area (Å²) in [6, 6.07) is 10.3. The maximum absolute atomic E-state index is 14.2. The average Bonchev–Trinajstić information content (AvgIpc) is 2.68. The highest BCUT2D eigenvalue weighted by atomic mass is 35.5.